The second-order valence-corrected chi connectivity index (χ2v) is 6.02. The van der Waals surface area contributed by atoms with Crippen molar-refractivity contribution in [2.75, 3.05) is 33.3 Å². The lowest BCUT2D eigenvalue weighted by Gasteiger charge is -2.42. The number of nitrogens with zero attached hydrogens (tertiary/aromatic N) is 2. The number of aliphatic hydroxyl groups is 1. The maximum Gasteiger partial charge on any atom is 0.0628 e. The molecule has 2 atom stereocenters. The van der Waals surface area contributed by atoms with Crippen LogP contribution in [-0.2, 0) is 0 Å². The van der Waals surface area contributed by atoms with Crippen molar-refractivity contribution in [3.8, 4) is 0 Å². The SMILES string of the molecule is CC1CN(C)CCN1C(CO)c1cccc(Br)c1. The number of halogens is 1. The molecule has 3 nitrogen and oxygen atoms in total. The number of likely N-dealkylation sites (N-methyl/N-ethyl adjacent to an activating group) is 1. The number of hydrogen-bond acceptors (Lipinski definition) is 3. The van der Waals surface area contributed by atoms with Crippen LogP contribution in [0.5, 0.6) is 0 Å². The Kier molecular flexibility index (Phi) is 4.78. The van der Waals surface area contributed by atoms with Gasteiger partial charge in [-0.25, -0.2) is 0 Å². The van der Waals surface area contributed by atoms with E-state index >= 15 is 0 Å². The van der Waals surface area contributed by atoms with E-state index in [4.69, 9.17) is 0 Å². The third-order valence-electron chi connectivity index (χ3n) is 3.69. The van der Waals surface area contributed by atoms with E-state index in [9.17, 15) is 5.11 Å². The normalized spacial score (nSPS) is 24.1. The summed E-state index contributed by atoms with van der Waals surface area (Å²) in [6.07, 6.45) is 0. The molecule has 1 saturated heterocycles. The van der Waals surface area contributed by atoms with E-state index < -0.39 is 0 Å². The Balaban J connectivity index is 2.18. The van der Waals surface area contributed by atoms with Gasteiger partial charge in [0, 0.05) is 30.1 Å². The first kappa shape index (κ1) is 14.0. The molecule has 1 aliphatic rings. The minimum Gasteiger partial charge on any atom is -0.394 e. The van der Waals surface area contributed by atoms with Crippen LogP contribution in [0, 0.1) is 0 Å². The molecule has 2 unspecified atom stereocenters. The van der Waals surface area contributed by atoms with Gasteiger partial charge in [0.05, 0.1) is 12.6 Å². The van der Waals surface area contributed by atoms with Gasteiger partial charge in [0.2, 0.25) is 0 Å². The lowest BCUT2D eigenvalue weighted by atomic mass is 10.0. The molecule has 0 saturated carbocycles. The number of aliphatic hydroxyl groups excluding tert-OH is 1. The Labute approximate surface area is 118 Å². The lowest BCUT2D eigenvalue weighted by Crippen LogP contribution is -2.52. The molecule has 0 radical (unpaired) electrons. The van der Waals surface area contributed by atoms with Gasteiger partial charge in [-0.05, 0) is 31.7 Å². The first-order valence-electron chi connectivity index (χ1n) is 6.42. The Bertz CT molecular complexity index is 399. The fourth-order valence-electron chi connectivity index (χ4n) is 2.73. The van der Waals surface area contributed by atoms with Gasteiger partial charge >= 0.3 is 0 Å². The largest absolute Gasteiger partial charge is 0.394 e. The van der Waals surface area contributed by atoms with Crippen molar-refractivity contribution in [1.29, 1.82) is 0 Å². The quantitative estimate of drug-likeness (QED) is 0.926. The van der Waals surface area contributed by atoms with Crippen molar-refractivity contribution in [3.63, 3.8) is 0 Å². The fourth-order valence-corrected chi connectivity index (χ4v) is 3.15. The molecule has 0 amide bonds. The first-order valence-corrected chi connectivity index (χ1v) is 7.21. The van der Waals surface area contributed by atoms with Crippen LogP contribution in [0.1, 0.15) is 18.5 Å². The van der Waals surface area contributed by atoms with E-state index in [0.29, 0.717) is 6.04 Å². The number of hydrogen-bond donors (Lipinski definition) is 1. The van der Waals surface area contributed by atoms with Crippen LogP contribution in [0.4, 0.5) is 0 Å². The van der Waals surface area contributed by atoms with Crippen LogP contribution in [0.3, 0.4) is 0 Å². The van der Waals surface area contributed by atoms with Crippen molar-refractivity contribution >= 4 is 15.9 Å². The van der Waals surface area contributed by atoms with Gasteiger partial charge in [0.25, 0.3) is 0 Å². The van der Waals surface area contributed by atoms with Gasteiger partial charge in [-0.15, -0.1) is 0 Å². The summed E-state index contributed by atoms with van der Waals surface area (Å²) in [7, 11) is 2.15. The zero-order valence-electron chi connectivity index (χ0n) is 11.0. The van der Waals surface area contributed by atoms with Crippen LogP contribution in [-0.4, -0.2) is 54.2 Å². The number of rotatable bonds is 3. The molecule has 1 aromatic rings. The van der Waals surface area contributed by atoms with E-state index in [1.54, 1.807) is 0 Å². The summed E-state index contributed by atoms with van der Waals surface area (Å²) < 4.78 is 1.07. The van der Waals surface area contributed by atoms with Gasteiger partial charge in [0.15, 0.2) is 0 Å². The lowest BCUT2D eigenvalue weighted by molar-refractivity contribution is 0.0341. The van der Waals surface area contributed by atoms with E-state index in [2.05, 4.69) is 51.8 Å². The summed E-state index contributed by atoms with van der Waals surface area (Å²) in [6.45, 7) is 5.54. The molecule has 100 valence electrons. The maximum absolute atomic E-state index is 9.74. The zero-order valence-corrected chi connectivity index (χ0v) is 12.6. The first-order chi connectivity index (χ1) is 8.61. The predicted molar refractivity (Wildman–Crippen MR) is 77.6 cm³/mol. The average molecular weight is 313 g/mol. The van der Waals surface area contributed by atoms with Crippen molar-refractivity contribution < 1.29 is 5.11 Å². The summed E-state index contributed by atoms with van der Waals surface area (Å²) in [5.41, 5.74) is 1.18. The Morgan fingerprint density at radius 3 is 2.83 bits per heavy atom. The van der Waals surface area contributed by atoms with E-state index in [-0.39, 0.29) is 12.6 Å². The molecule has 0 aromatic heterocycles. The molecule has 0 aliphatic carbocycles. The molecule has 1 aliphatic heterocycles. The third kappa shape index (κ3) is 3.12. The van der Waals surface area contributed by atoms with Crippen LogP contribution in [0.2, 0.25) is 0 Å². The van der Waals surface area contributed by atoms with Crippen LogP contribution in [0.15, 0.2) is 28.7 Å². The Hall–Kier alpha value is -0.420. The molecule has 18 heavy (non-hydrogen) atoms. The molecule has 4 heteroatoms. The number of benzene rings is 1. The van der Waals surface area contributed by atoms with Gasteiger partial charge in [0.1, 0.15) is 0 Å². The number of piperazine rings is 1. The van der Waals surface area contributed by atoms with Gasteiger partial charge in [-0.2, -0.15) is 0 Å². The van der Waals surface area contributed by atoms with E-state index in [1.165, 1.54) is 5.56 Å². The Morgan fingerprint density at radius 1 is 1.44 bits per heavy atom. The highest BCUT2D eigenvalue weighted by Gasteiger charge is 2.28. The van der Waals surface area contributed by atoms with Crippen LogP contribution < -0.4 is 0 Å². The smallest absolute Gasteiger partial charge is 0.0628 e. The van der Waals surface area contributed by atoms with Crippen molar-refractivity contribution in [2.24, 2.45) is 0 Å². The molecule has 0 spiro atoms. The minimum atomic E-state index is 0.103. The van der Waals surface area contributed by atoms with Gasteiger partial charge < -0.3 is 10.0 Å². The Morgan fingerprint density at radius 2 is 2.22 bits per heavy atom. The summed E-state index contributed by atoms with van der Waals surface area (Å²) >= 11 is 3.50. The van der Waals surface area contributed by atoms with Crippen LogP contribution >= 0.6 is 15.9 Å². The third-order valence-corrected chi connectivity index (χ3v) is 4.18. The molecule has 0 bridgehead atoms. The second-order valence-electron chi connectivity index (χ2n) is 5.10. The highest BCUT2D eigenvalue weighted by atomic mass is 79.9. The standard InChI is InChI=1S/C14H21BrN2O/c1-11-9-16(2)6-7-17(11)14(10-18)12-4-3-5-13(15)8-12/h3-5,8,11,14,18H,6-7,9-10H2,1-2H3. The molecule has 1 aromatic carbocycles. The van der Waals surface area contributed by atoms with Gasteiger partial charge in [-0.3, -0.25) is 4.90 Å². The second kappa shape index (κ2) is 6.15. The molecule has 1 fully saturated rings. The topological polar surface area (TPSA) is 26.7 Å². The molecule has 1 N–H and O–H groups in total. The predicted octanol–water partition coefficient (Wildman–Crippen LogP) is 2.12. The highest BCUT2D eigenvalue weighted by Crippen LogP contribution is 2.26. The average Bonchev–Trinajstić information content (AvgIpc) is 2.33. The van der Waals surface area contributed by atoms with Crippen molar-refractivity contribution in [1.82, 2.24) is 9.80 Å². The molecule has 2 rings (SSSR count). The summed E-state index contributed by atoms with van der Waals surface area (Å²) in [4.78, 5) is 4.75. The monoisotopic (exact) mass is 312 g/mol. The summed E-state index contributed by atoms with van der Waals surface area (Å²) in [6, 6.07) is 8.82. The molecular weight excluding hydrogens is 292 g/mol. The van der Waals surface area contributed by atoms with Crippen LogP contribution in [0.25, 0.3) is 0 Å². The maximum atomic E-state index is 9.74. The minimum absolute atomic E-state index is 0.103. The van der Waals surface area contributed by atoms with Crippen molar-refractivity contribution in [2.45, 2.75) is 19.0 Å². The van der Waals surface area contributed by atoms with E-state index in [1.807, 2.05) is 12.1 Å². The van der Waals surface area contributed by atoms with Crippen molar-refractivity contribution in [3.05, 3.63) is 34.3 Å². The summed E-state index contributed by atoms with van der Waals surface area (Å²) in [5, 5.41) is 9.74. The van der Waals surface area contributed by atoms with Gasteiger partial charge in [-0.1, -0.05) is 28.1 Å². The fraction of sp³-hybridized carbons (Fsp3) is 0.571. The van der Waals surface area contributed by atoms with E-state index in [0.717, 1.165) is 24.1 Å². The highest BCUT2D eigenvalue weighted by molar-refractivity contribution is 9.10. The summed E-state index contributed by atoms with van der Waals surface area (Å²) in [5.74, 6) is 0. The molecular formula is C14H21BrN2O. The zero-order chi connectivity index (χ0) is 13.1. The molecule has 1 heterocycles.